The molecule has 25 heavy (non-hydrogen) atoms. The minimum Gasteiger partial charge on any atom is -0.369 e. The highest BCUT2D eigenvalue weighted by Crippen LogP contribution is 2.22. The zero-order valence-electron chi connectivity index (χ0n) is 15.3. The molecule has 0 bridgehead atoms. The number of carbonyl (C=O) groups excluding carboxylic acids is 1. The lowest BCUT2D eigenvalue weighted by Gasteiger charge is -2.37. The van der Waals surface area contributed by atoms with Crippen LogP contribution in [-0.2, 0) is 4.79 Å². The summed E-state index contributed by atoms with van der Waals surface area (Å²) >= 11 is 0. The van der Waals surface area contributed by atoms with Gasteiger partial charge in [0.2, 0.25) is 0 Å². The summed E-state index contributed by atoms with van der Waals surface area (Å²) in [5.74, 6) is 0.912. The van der Waals surface area contributed by atoms with Gasteiger partial charge in [0.25, 0.3) is 0 Å². The van der Waals surface area contributed by atoms with E-state index in [2.05, 4.69) is 14.7 Å². The molecule has 1 aromatic rings. The Kier molecular flexibility index (Phi) is 6.43. The topological polar surface area (TPSA) is 26.8 Å². The number of carbonyl (C=O) groups is 1. The highest BCUT2D eigenvalue weighted by atomic mass is 19.1. The molecule has 0 spiro atoms. The van der Waals surface area contributed by atoms with Crippen LogP contribution in [0.3, 0.4) is 0 Å². The van der Waals surface area contributed by atoms with Gasteiger partial charge in [-0.3, -0.25) is 14.6 Å². The van der Waals surface area contributed by atoms with Crippen molar-refractivity contribution in [2.75, 3.05) is 57.3 Å². The van der Waals surface area contributed by atoms with Crippen molar-refractivity contribution >= 4 is 11.5 Å². The minimum absolute atomic E-state index is 0.156. The van der Waals surface area contributed by atoms with Gasteiger partial charge in [-0.1, -0.05) is 6.07 Å². The number of nitrogens with zero attached hydrogens (tertiary/aromatic N) is 3. The third kappa shape index (κ3) is 5.51. The van der Waals surface area contributed by atoms with Crippen LogP contribution in [0, 0.1) is 11.7 Å². The summed E-state index contributed by atoms with van der Waals surface area (Å²) in [4.78, 5) is 18.3. The Labute approximate surface area is 150 Å². The second-order valence-electron chi connectivity index (χ2n) is 7.52. The second kappa shape index (κ2) is 8.77. The van der Waals surface area contributed by atoms with Gasteiger partial charge < -0.3 is 4.90 Å². The number of ketones is 1. The zero-order chi connectivity index (χ0) is 17.6. The summed E-state index contributed by atoms with van der Waals surface area (Å²) in [7, 11) is 0. The molecule has 0 atom stereocenters. The number of benzene rings is 1. The number of piperidine rings is 1. The SMILES string of the molecule is CC(=O)CN1CCC(CCN2CCN(c3cccc(F)c3)CC2)CC1. The van der Waals surface area contributed by atoms with Crippen LogP contribution in [0.4, 0.5) is 10.1 Å². The van der Waals surface area contributed by atoms with Crippen LogP contribution in [0.5, 0.6) is 0 Å². The highest BCUT2D eigenvalue weighted by Gasteiger charge is 2.22. The molecule has 0 N–H and O–H groups in total. The minimum atomic E-state index is -0.156. The molecule has 0 saturated carbocycles. The third-order valence-corrected chi connectivity index (χ3v) is 5.55. The van der Waals surface area contributed by atoms with E-state index in [0.29, 0.717) is 6.54 Å². The first-order valence-electron chi connectivity index (χ1n) is 9.55. The summed E-state index contributed by atoms with van der Waals surface area (Å²) in [6, 6.07) is 6.91. The van der Waals surface area contributed by atoms with Crippen molar-refractivity contribution in [3.05, 3.63) is 30.1 Å². The first-order valence-corrected chi connectivity index (χ1v) is 9.55. The van der Waals surface area contributed by atoms with E-state index in [1.807, 2.05) is 6.07 Å². The molecule has 0 aliphatic carbocycles. The molecule has 0 amide bonds. The van der Waals surface area contributed by atoms with Crippen molar-refractivity contribution in [1.82, 2.24) is 9.80 Å². The van der Waals surface area contributed by atoms with Gasteiger partial charge in [-0.15, -0.1) is 0 Å². The Bertz CT molecular complexity index is 564. The van der Waals surface area contributed by atoms with Gasteiger partial charge in [-0.25, -0.2) is 4.39 Å². The molecule has 2 heterocycles. The smallest absolute Gasteiger partial charge is 0.143 e. The van der Waals surface area contributed by atoms with Crippen molar-refractivity contribution in [1.29, 1.82) is 0 Å². The fraction of sp³-hybridized carbons (Fsp3) is 0.650. The molecule has 0 radical (unpaired) electrons. The van der Waals surface area contributed by atoms with E-state index in [1.165, 1.54) is 25.3 Å². The first-order chi connectivity index (χ1) is 12.1. The molecule has 1 aromatic carbocycles. The zero-order valence-corrected chi connectivity index (χ0v) is 15.3. The first kappa shape index (κ1) is 18.3. The normalized spacial score (nSPS) is 20.8. The predicted octanol–water partition coefficient (Wildman–Crippen LogP) is 2.64. The third-order valence-electron chi connectivity index (χ3n) is 5.55. The summed E-state index contributed by atoms with van der Waals surface area (Å²) in [6.07, 6.45) is 3.70. The van der Waals surface area contributed by atoms with E-state index in [1.54, 1.807) is 19.1 Å². The molecule has 3 rings (SSSR count). The second-order valence-corrected chi connectivity index (χ2v) is 7.52. The van der Waals surface area contributed by atoms with Crippen LogP contribution < -0.4 is 4.90 Å². The Hall–Kier alpha value is -1.46. The van der Waals surface area contributed by atoms with E-state index >= 15 is 0 Å². The summed E-state index contributed by atoms with van der Waals surface area (Å²) in [6.45, 7) is 9.65. The maximum atomic E-state index is 13.4. The largest absolute Gasteiger partial charge is 0.369 e. The number of hydrogen-bond acceptors (Lipinski definition) is 4. The van der Waals surface area contributed by atoms with Gasteiger partial charge in [0.15, 0.2) is 0 Å². The molecular weight excluding hydrogens is 317 g/mol. The average Bonchev–Trinajstić information content (AvgIpc) is 2.61. The van der Waals surface area contributed by atoms with Crippen LogP contribution >= 0.6 is 0 Å². The van der Waals surface area contributed by atoms with Crippen molar-refractivity contribution in [2.45, 2.75) is 26.2 Å². The van der Waals surface area contributed by atoms with Crippen molar-refractivity contribution in [3.8, 4) is 0 Å². The Morgan fingerprint density at radius 3 is 2.44 bits per heavy atom. The van der Waals surface area contributed by atoms with E-state index in [4.69, 9.17) is 0 Å². The lowest BCUT2D eigenvalue weighted by molar-refractivity contribution is -0.118. The van der Waals surface area contributed by atoms with Crippen molar-refractivity contribution in [3.63, 3.8) is 0 Å². The van der Waals surface area contributed by atoms with E-state index < -0.39 is 0 Å². The molecule has 2 aliphatic heterocycles. The van der Waals surface area contributed by atoms with Crippen LogP contribution in [0.25, 0.3) is 0 Å². The average molecular weight is 347 g/mol. The van der Waals surface area contributed by atoms with Crippen molar-refractivity contribution in [2.24, 2.45) is 5.92 Å². The van der Waals surface area contributed by atoms with Crippen LogP contribution in [0.15, 0.2) is 24.3 Å². The molecule has 4 nitrogen and oxygen atoms in total. The molecule has 0 aromatic heterocycles. The lowest BCUT2D eigenvalue weighted by atomic mass is 9.93. The van der Waals surface area contributed by atoms with Gasteiger partial charge in [0.05, 0.1) is 6.54 Å². The summed E-state index contributed by atoms with van der Waals surface area (Å²) < 4.78 is 13.4. The van der Waals surface area contributed by atoms with E-state index in [9.17, 15) is 9.18 Å². The molecule has 5 heteroatoms. The van der Waals surface area contributed by atoms with Gasteiger partial charge in [0.1, 0.15) is 11.6 Å². The van der Waals surface area contributed by atoms with Crippen LogP contribution in [-0.4, -0.2) is 67.9 Å². The number of Topliss-reactive ketones (excluding diaryl/α,β-unsaturated/α-hetero) is 1. The number of piperazine rings is 1. The molecule has 138 valence electrons. The summed E-state index contributed by atoms with van der Waals surface area (Å²) in [5, 5.41) is 0. The van der Waals surface area contributed by atoms with E-state index in [0.717, 1.165) is 57.4 Å². The number of rotatable bonds is 6. The number of halogens is 1. The Morgan fingerprint density at radius 2 is 1.80 bits per heavy atom. The maximum absolute atomic E-state index is 13.4. The fourth-order valence-electron chi connectivity index (χ4n) is 4.02. The molecular formula is C20H30FN3O. The van der Waals surface area contributed by atoms with Gasteiger partial charge in [-0.2, -0.15) is 0 Å². The number of anilines is 1. The Balaban J connectivity index is 1.35. The quantitative estimate of drug-likeness (QED) is 0.790. The molecule has 2 fully saturated rings. The number of likely N-dealkylation sites (tertiary alicyclic amines) is 1. The van der Waals surface area contributed by atoms with Crippen LogP contribution in [0.1, 0.15) is 26.2 Å². The van der Waals surface area contributed by atoms with Gasteiger partial charge >= 0.3 is 0 Å². The van der Waals surface area contributed by atoms with Crippen molar-refractivity contribution < 1.29 is 9.18 Å². The standard InChI is InChI=1S/C20H30FN3O/c1-17(25)16-23-9-6-18(7-10-23)5-8-22-11-13-24(14-12-22)20-4-2-3-19(21)15-20/h2-4,15,18H,5-14,16H2,1H3. The van der Waals surface area contributed by atoms with Crippen LogP contribution in [0.2, 0.25) is 0 Å². The molecule has 2 saturated heterocycles. The highest BCUT2D eigenvalue weighted by molar-refractivity contribution is 5.77. The van der Waals surface area contributed by atoms with E-state index in [-0.39, 0.29) is 11.6 Å². The van der Waals surface area contributed by atoms with Gasteiger partial charge in [-0.05, 0) is 69.9 Å². The monoisotopic (exact) mass is 347 g/mol. The molecule has 0 unspecified atom stereocenters. The summed E-state index contributed by atoms with van der Waals surface area (Å²) in [5.41, 5.74) is 0.998. The fourth-order valence-corrected chi connectivity index (χ4v) is 4.02. The lowest BCUT2D eigenvalue weighted by Crippen LogP contribution is -2.47. The predicted molar refractivity (Wildman–Crippen MR) is 99.5 cm³/mol. The number of hydrogen-bond donors (Lipinski definition) is 0. The Morgan fingerprint density at radius 1 is 1.08 bits per heavy atom. The molecule has 2 aliphatic rings. The van der Waals surface area contributed by atoms with Gasteiger partial charge in [0, 0.05) is 31.9 Å². The maximum Gasteiger partial charge on any atom is 0.143 e.